The molecule has 144 valence electrons. The zero-order valence-electron chi connectivity index (χ0n) is 16.2. The highest BCUT2D eigenvalue weighted by molar-refractivity contribution is 6.30. The van der Waals surface area contributed by atoms with Gasteiger partial charge >= 0.3 is 0 Å². The largest absolute Gasteiger partial charge is 0.360 e. The zero-order chi connectivity index (χ0) is 19.2. The molecule has 1 aliphatic rings. The lowest BCUT2D eigenvalue weighted by molar-refractivity contribution is -0.892. The number of carbonyl (C=O) groups is 1. The maximum atomic E-state index is 12.7. The normalized spacial score (nSPS) is 15.0. The van der Waals surface area contributed by atoms with Crippen LogP contribution in [0.15, 0.2) is 42.5 Å². The van der Waals surface area contributed by atoms with Crippen LogP contribution in [0.2, 0.25) is 5.02 Å². The summed E-state index contributed by atoms with van der Waals surface area (Å²) in [6.07, 6.45) is 1.85. The highest BCUT2D eigenvalue weighted by Gasteiger charge is 2.23. The Morgan fingerprint density at radius 3 is 2.30 bits per heavy atom. The van der Waals surface area contributed by atoms with E-state index in [9.17, 15) is 4.79 Å². The fourth-order valence-corrected chi connectivity index (χ4v) is 3.93. The highest BCUT2D eigenvalue weighted by Crippen LogP contribution is 2.22. The van der Waals surface area contributed by atoms with Crippen molar-refractivity contribution in [2.75, 3.05) is 42.9 Å². The summed E-state index contributed by atoms with van der Waals surface area (Å²) in [5, 5.41) is 3.95. The standard InChI is InChI=1S/C22H28ClN3O/c1-3-17-7-5-8-18(4-2)22(17)24-21(27)16-25-11-13-26(14-12-25)20-10-6-9-19(23)15-20/h5-10,15H,3-4,11-14,16H2,1-2H3,(H,24,27)/p+1. The number of carbonyl (C=O) groups excluding carboxylic acids is 1. The number of halogens is 1. The Labute approximate surface area is 167 Å². The van der Waals surface area contributed by atoms with E-state index in [4.69, 9.17) is 11.6 Å². The predicted molar refractivity (Wildman–Crippen MR) is 113 cm³/mol. The number of hydrogen-bond donors (Lipinski definition) is 2. The van der Waals surface area contributed by atoms with Crippen molar-refractivity contribution >= 4 is 28.9 Å². The van der Waals surface area contributed by atoms with Gasteiger partial charge < -0.3 is 15.1 Å². The molecule has 2 aromatic carbocycles. The first-order valence-corrected chi connectivity index (χ1v) is 10.2. The second-order valence-electron chi connectivity index (χ2n) is 7.10. The van der Waals surface area contributed by atoms with Gasteiger partial charge in [0.2, 0.25) is 0 Å². The van der Waals surface area contributed by atoms with Gasteiger partial charge in [-0.15, -0.1) is 0 Å². The molecule has 2 N–H and O–H groups in total. The minimum Gasteiger partial charge on any atom is -0.360 e. The summed E-state index contributed by atoms with van der Waals surface area (Å²) < 4.78 is 0. The molecule has 0 bridgehead atoms. The number of amides is 1. The van der Waals surface area contributed by atoms with E-state index >= 15 is 0 Å². The smallest absolute Gasteiger partial charge is 0.279 e. The first kappa shape index (κ1) is 19.7. The van der Waals surface area contributed by atoms with E-state index < -0.39 is 0 Å². The third-order valence-electron chi connectivity index (χ3n) is 5.32. The van der Waals surface area contributed by atoms with Crippen LogP contribution in [0, 0.1) is 0 Å². The number of rotatable bonds is 6. The van der Waals surface area contributed by atoms with Gasteiger partial charge in [0.05, 0.1) is 26.2 Å². The molecule has 1 aliphatic heterocycles. The van der Waals surface area contributed by atoms with Gasteiger partial charge in [0.15, 0.2) is 6.54 Å². The molecule has 2 aromatic rings. The summed E-state index contributed by atoms with van der Waals surface area (Å²) in [6, 6.07) is 14.3. The van der Waals surface area contributed by atoms with Crippen molar-refractivity contribution in [3.63, 3.8) is 0 Å². The first-order chi connectivity index (χ1) is 13.1. The average Bonchev–Trinajstić information content (AvgIpc) is 2.68. The topological polar surface area (TPSA) is 36.8 Å². The van der Waals surface area contributed by atoms with Crippen LogP contribution in [0.25, 0.3) is 0 Å². The summed E-state index contributed by atoms with van der Waals surface area (Å²) in [5.41, 5.74) is 4.60. The molecule has 1 saturated heterocycles. The molecule has 5 heteroatoms. The number of nitrogens with zero attached hydrogens (tertiary/aromatic N) is 1. The number of nitrogens with one attached hydrogen (secondary N) is 2. The molecule has 0 atom stereocenters. The molecular weight excluding hydrogens is 358 g/mol. The second kappa shape index (κ2) is 9.25. The molecule has 1 fully saturated rings. The van der Waals surface area contributed by atoms with E-state index in [0.717, 1.165) is 55.4 Å². The van der Waals surface area contributed by atoms with Crippen molar-refractivity contribution in [3.05, 3.63) is 58.6 Å². The zero-order valence-corrected chi connectivity index (χ0v) is 17.0. The van der Waals surface area contributed by atoms with Crippen molar-refractivity contribution < 1.29 is 9.69 Å². The van der Waals surface area contributed by atoms with Crippen LogP contribution in [-0.2, 0) is 17.6 Å². The van der Waals surface area contributed by atoms with Crippen LogP contribution < -0.4 is 15.1 Å². The third-order valence-corrected chi connectivity index (χ3v) is 5.55. The van der Waals surface area contributed by atoms with E-state index in [2.05, 4.69) is 48.3 Å². The van der Waals surface area contributed by atoms with Crippen LogP contribution >= 0.6 is 11.6 Å². The van der Waals surface area contributed by atoms with Crippen molar-refractivity contribution in [3.8, 4) is 0 Å². The molecule has 27 heavy (non-hydrogen) atoms. The monoisotopic (exact) mass is 386 g/mol. The van der Waals surface area contributed by atoms with Gasteiger partial charge in [0, 0.05) is 16.4 Å². The fourth-order valence-electron chi connectivity index (χ4n) is 3.74. The van der Waals surface area contributed by atoms with Gasteiger partial charge in [-0.05, 0) is 42.2 Å². The van der Waals surface area contributed by atoms with Crippen LogP contribution in [0.3, 0.4) is 0 Å². The van der Waals surface area contributed by atoms with Gasteiger partial charge in [-0.3, -0.25) is 4.79 Å². The Bertz CT molecular complexity index is 763. The van der Waals surface area contributed by atoms with Gasteiger partial charge in [0.25, 0.3) is 5.91 Å². The van der Waals surface area contributed by atoms with Crippen LogP contribution in [0.4, 0.5) is 11.4 Å². The molecule has 0 aliphatic carbocycles. The quantitative estimate of drug-likeness (QED) is 0.801. The van der Waals surface area contributed by atoms with Gasteiger partial charge in [-0.2, -0.15) is 0 Å². The lowest BCUT2D eigenvalue weighted by Gasteiger charge is -2.33. The molecular formula is C22H29ClN3O+. The number of anilines is 2. The average molecular weight is 387 g/mol. The van der Waals surface area contributed by atoms with Gasteiger partial charge in [-0.1, -0.05) is 49.7 Å². The van der Waals surface area contributed by atoms with Gasteiger partial charge in [0.1, 0.15) is 0 Å². The second-order valence-corrected chi connectivity index (χ2v) is 7.54. The molecule has 1 amide bonds. The summed E-state index contributed by atoms with van der Waals surface area (Å²) in [5.74, 6) is 0.108. The molecule has 3 rings (SSSR count). The third kappa shape index (κ3) is 5.02. The predicted octanol–water partition coefficient (Wildman–Crippen LogP) is 2.81. The van der Waals surface area contributed by atoms with E-state index in [1.807, 2.05) is 18.2 Å². The van der Waals surface area contributed by atoms with E-state index in [1.165, 1.54) is 16.0 Å². The molecule has 0 unspecified atom stereocenters. The lowest BCUT2D eigenvalue weighted by Crippen LogP contribution is -3.15. The fraction of sp³-hybridized carbons (Fsp3) is 0.409. The Kier molecular flexibility index (Phi) is 6.75. The highest BCUT2D eigenvalue weighted by atomic mass is 35.5. The van der Waals surface area contributed by atoms with E-state index in [1.54, 1.807) is 0 Å². The summed E-state index contributed by atoms with van der Waals surface area (Å²) >= 11 is 6.10. The number of aryl methyl sites for hydroxylation is 2. The maximum Gasteiger partial charge on any atom is 0.279 e. The number of piperazine rings is 1. The molecule has 0 aromatic heterocycles. The summed E-state index contributed by atoms with van der Waals surface area (Å²) in [4.78, 5) is 16.3. The Hall–Kier alpha value is -2.04. The maximum absolute atomic E-state index is 12.7. The summed E-state index contributed by atoms with van der Waals surface area (Å²) in [6.45, 7) is 8.56. The van der Waals surface area contributed by atoms with Crippen LogP contribution in [0.1, 0.15) is 25.0 Å². The van der Waals surface area contributed by atoms with Crippen LogP contribution in [0.5, 0.6) is 0 Å². The van der Waals surface area contributed by atoms with Crippen molar-refractivity contribution in [2.24, 2.45) is 0 Å². The van der Waals surface area contributed by atoms with Crippen molar-refractivity contribution in [2.45, 2.75) is 26.7 Å². The van der Waals surface area contributed by atoms with E-state index in [-0.39, 0.29) is 5.91 Å². The van der Waals surface area contributed by atoms with Gasteiger partial charge in [-0.25, -0.2) is 0 Å². The number of quaternary nitrogens is 1. The summed E-state index contributed by atoms with van der Waals surface area (Å²) in [7, 11) is 0. The van der Waals surface area contributed by atoms with Crippen LogP contribution in [-0.4, -0.2) is 38.6 Å². The molecule has 0 saturated carbocycles. The SMILES string of the molecule is CCc1cccc(CC)c1NC(=O)C[NH+]1CCN(c2cccc(Cl)c2)CC1. The first-order valence-electron chi connectivity index (χ1n) is 9.85. The molecule has 0 radical (unpaired) electrons. The Balaban J connectivity index is 1.56. The molecule has 1 heterocycles. The lowest BCUT2D eigenvalue weighted by atomic mass is 10.0. The van der Waals surface area contributed by atoms with Crippen molar-refractivity contribution in [1.29, 1.82) is 0 Å². The molecule has 0 spiro atoms. The molecule has 4 nitrogen and oxygen atoms in total. The minimum absolute atomic E-state index is 0.108. The Morgan fingerprint density at radius 1 is 1.07 bits per heavy atom. The van der Waals surface area contributed by atoms with Crippen molar-refractivity contribution in [1.82, 2.24) is 0 Å². The Morgan fingerprint density at radius 2 is 1.70 bits per heavy atom. The number of hydrogen-bond acceptors (Lipinski definition) is 2. The number of para-hydroxylation sites is 1. The minimum atomic E-state index is 0.108. The van der Waals surface area contributed by atoms with E-state index in [0.29, 0.717) is 6.54 Å². The number of benzene rings is 2.